The predicted molar refractivity (Wildman–Crippen MR) is 118 cm³/mol. The lowest BCUT2D eigenvalue weighted by atomic mass is 9.96. The van der Waals surface area contributed by atoms with Crippen LogP contribution in [0.2, 0.25) is 0 Å². The van der Waals surface area contributed by atoms with Crippen LogP contribution < -0.4 is 26.3 Å². The lowest BCUT2D eigenvalue weighted by molar-refractivity contribution is -0.589. The van der Waals surface area contributed by atoms with Crippen molar-refractivity contribution >= 4 is 16.7 Å². The molecule has 1 aromatic heterocycles. The van der Waals surface area contributed by atoms with Crippen molar-refractivity contribution in [1.29, 1.82) is 0 Å². The molecule has 4 nitrogen and oxygen atoms in total. The van der Waals surface area contributed by atoms with Gasteiger partial charge in [0, 0.05) is 30.0 Å². The normalized spacial score (nSPS) is 10.4. The van der Waals surface area contributed by atoms with Gasteiger partial charge >= 0.3 is 5.97 Å². The number of carbonyl (C=O) groups excluding carboxylic acids is 1. The van der Waals surface area contributed by atoms with Gasteiger partial charge in [0.2, 0.25) is 11.4 Å². The highest BCUT2D eigenvalue weighted by Crippen LogP contribution is 2.31. The summed E-state index contributed by atoms with van der Waals surface area (Å²) in [6.07, 6.45) is 0. The zero-order valence-corrected chi connectivity index (χ0v) is 19.3. The minimum Gasteiger partial charge on any atom is -1.00 e. The van der Waals surface area contributed by atoms with Crippen LogP contribution in [0, 0.1) is 6.92 Å². The van der Waals surface area contributed by atoms with Crippen LogP contribution in [-0.4, -0.2) is 19.7 Å². The molecule has 4 aromatic rings. The number of aryl methyl sites for hydroxylation is 1. The van der Waals surface area contributed by atoms with Crippen molar-refractivity contribution in [3.05, 3.63) is 90.1 Å². The summed E-state index contributed by atoms with van der Waals surface area (Å²) < 4.78 is 13.0. The molecule has 0 bridgehead atoms. The highest BCUT2D eigenvalue weighted by molar-refractivity contribution is 6.09. The molecule has 0 radical (unpaired) electrons. The van der Waals surface area contributed by atoms with Gasteiger partial charge in [-0.15, -0.1) is 0 Å². The molecule has 0 saturated carbocycles. The number of rotatable bonds is 5. The standard InChI is InChI=1S/C26H24NO3.BrH/c1-4-30-26(28)24-23-13-9-8-12-22(23)18(2)27(20-14-16-21(29-3)17-15-20)25(24)19-10-6-5-7-11-19;/h5-17H,4H2,1-3H3;1H/q+1;/p-1. The largest absolute Gasteiger partial charge is 1.00 e. The number of aromatic nitrogens is 1. The van der Waals surface area contributed by atoms with Gasteiger partial charge in [-0.25, -0.2) is 4.79 Å². The SMILES string of the molecule is CCOC(=O)c1c(-c2ccccc2)[n+](-c2ccc(OC)cc2)c(C)c2ccccc12.[Br-]. The van der Waals surface area contributed by atoms with Gasteiger partial charge in [0.1, 0.15) is 11.3 Å². The lowest BCUT2D eigenvalue weighted by Gasteiger charge is -2.15. The Morgan fingerprint density at radius 2 is 1.48 bits per heavy atom. The van der Waals surface area contributed by atoms with E-state index in [4.69, 9.17) is 9.47 Å². The number of carbonyl (C=O) groups is 1. The monoisotopic (exact) mass is 477 g/mol. The molecule has 0 aliphatic heterocycles. The third-order valence-electron chi connectivity index (χ3n) is 5.24. The second kappa shape index (κ2) is 9.75. The van der Waals surface area contributed by atoms with Gasteiger partial charge in [0.25, 0.3) is 0 Å². The van der Waals surface area contributed by atoms with Crippen LogP contribution in [0.5, 0.6) is 5.75 Å². The highest BCUT2D eigenvalue weighted by Gasteiger charge is 2.31. The first-order chi connectivity index (χ1) is 14.7. The highest BCUT2D eigenvalue weighted by atomic mass is 79.9. The molecular weight excluding hydrogens is 454 g/mol. The Hall–Kier alpha value is -3.18. The molecule has 5 heteroatoms. The summed E-state index contributed by atoms with van der Waals surface area (Å²) in [7, 11) is 1.65. The van der Waals surface area contributed by atoms with Crippen molar-refractivity contribution in [3.63, 3.8) is 0 Å². The maximum atomic E-state index is 13.2. The van der Waals surface area contributed by atoms with Gasteiger partial charge in [-0.1, -0.05) is 36.4 Å². The fourth-order valence-electron chi connectivity index (χ4n) is 3.88. The molecule has 158 valence electrons. The summed E-state index contributed by atoms with van der Waals surface area (Å²) in [4.78, 5) is 13.2. The summed E-state index contributed by atoms with van der Waals surface area (Å²) in [5.41, 5.74) is 4.33. The summed E-state index contributed by atoms with van der Waals surface area (Å²) in [5, 5.41) is 1.90. The fraction of sp³-hybridized carbons (Fsp3) is 0.154. The smallest absolute Gasteiger partial charge is 0.345 e. The van der Waals surface area contributed by atoms with Gasteiger partial charge in [-0.05, 0) is 37.3 Å². The van der Waals surface area contributed by atoms with Gasteiger partial charge in [0.05, 0.1) is 19.1 Å². The number of fused-ring (bicyclic) bond motifs is 1. The minimum atomic E-state index is -0.324. The van der Waals surface area contributed by atoms with Crippen LogP contribution in [0.3, 0.4) is 0 Å². The Morgan fingerprint density at radius 3 is 2.10 bits per heavy atom. The Morgan fingerprint density at radius 1 is 0.871 bits per heavy atom. The van der Waals surface area contributed by atoms with Crippen LogP contribution >= 0.6 is 0 Å². The first-order valence-corrected chi connectivity index (χ1v) is 10.00. The zero-order chi connectivity index (χ0) is 21.1. The minimum absolute atomic E-state index is 0. The fourth-order valence-corrected chi connectivity index (χ4v) is 3.88. The van der Waals surface area contributed by atoms with Crippen LogP contribution in [0.1, 0.15) is 23.0 Å². The molecule has 1 heterocycles. The molecule has 0 atom stereocenters. The number of pyridine rings is 1. The first kappa shape index (κ1) is 22.5. The van der Waals surface area contributed by atoms with Crippen molar-refractivity contribution in [3.8, 4) is 22.7 Å². The number of hydrogen-bond acceptors (Lipinski definition) is 3. The van der Waals surface area contributed by atoms with E-state index in [0.717, 1.165) is 39.2 Å². The maximum Gasteiger partial charge on any atom is 0.345 e. The lowest BCUT2D eigenvalue weighted by Crippen LogP contribution is -3.00. The third-order valence-corrected chi connectivity index (χ3v) is 5.24. The van der Waals surface area contributed by atoms with E-state index in [9.17, 15) is 4.79 Å². The first-order valence-electron chi connectivity index (χ1n) is 10.00. The quantitative estimate of drug-likeness (QED) is 0.327. The summed E-state index contributed by atoms with van der Waals surface area (Å²) in [6, 6.07) is 25.8. The van der Waals surface area contributed by atoms with Crippen molar-refractivity contribution in [2.24, 2.45) is 0 Å². The second-order valence-electron chi connectivity index (χ2n) is 6.97. The van der Waals surface area contributed by atoms with Crippen molar-refractivity contribution < 1.29 is 35.8 Å². The molecule has 0 unspecified atom stereocenters. The average molecular weight is 478 g/mol. The molecule has 0 fully saturated rings. The van der Waals surface area contributed by atoms with Gasteiger partial charge in [-0.2, -0.15) is 4.57 Å². The Bertz CT molecular complexity index is 1200. The van der Waals surface area contributed by atoms with E-state index in [1.807, 2.05) is 85.8 Å². The number of hydrogen-bond donors (Lipinski definition) is 0. The maximum absolute atomic E-state index is 13.2. The molecular formula is C26H24BrNO3. The van der Waals surface area contributed by atoms with Crippen LogP contribution in [0.15, 0.2) is 78.9 Å². The summed E-state index contributed by atoms with van der Waals surface area (Å²) in [6.45, 7) is 4.22. The predicted octanol–water partition coefficient (Wildman–Crippen LogP) is 2.28. The van der Waals surface area contributed by atoms with Crippen LogP contribution in [-0.2, 0) is 4.74 Å². The molecule has 31 heavy (non-hydrogen) atoms. The average Bonchev–Trinajstić information content (AvgIpc) is 2.80. The molecule has 3 aromatic carbocycles. The molecule has 0 amide bonds. The summed E-state index contributed by atoms with van der Waals surface area (Å²) in [5.74, 6) is 0.458. The Labute approximate surface area is 192 Å². The van der Waals surface area contributed by atoms with Gasteiger partial charge in [-0.3, -0.25) is 0 Å². The van der Waals surface area contributed by atoms with E-state index in [1.165, 1.54) is 0 Å². The van der Waals surface area contributed by atoms with E-state index < -0.39 is 0 Å². The molecule has 0 saturated heterocycles. The summed E-state index contributed by atoms with van der Waals surface area (Å²) >= 11 is 0. The number of nitrogens with zero attached hydrogens (tertiary/aromatic N) is 1. The number of methoxy groups -OCH3 is 1. The van der Waals surface area contributed by atoms with E-state index in [1.54, 1.807) is 7.11 Å². The van der Waals surface area contributed by atoms with Crippen molar-refractivity contribution in [2.45, 2.75) is 13.8 Å². The third kappa shape index (κ3) is 4.19. The zero-order valence-electron chi connectivity index (χ0n) is 17.8. The number of benzene rings is 3. The van der Waals surface area contributed by atoms with E-state index >= 15 is 0 Å². The molecule has 0 aliphatic rings. The van der Waals surface area contributed by atoms with E-state index in [2.05, 4.69) is 11.5 Å². The van der Waals surface area contributed by atoms with Crippen LogP contribution in [0.25, 0.3) is 27.7 Å². The van der Waals surface area contributed by atoms with Crippen molar-refractivity contribution in [1.82, 2.24) is 0 Å². The number of halogens is 1. The molecule has 0 N–H and O–H groups in total. The topological polar surface area (TPSA) is 39.4 Å². The Balaban J connectivity index is 0.00000272. The Kier molecular flexibility index (Phi) is 7.08. The molecule has 0 aliphatic carbocycles. The van der Waals surface area contributed by atoms with Gasteiger partial charge < -0.3 is 26.5 Å². The molecule has 4 rings (SSSR count). The van der Waals surface area contributed by atoms with Crippen LogP contribution in [0.4, 0.5) is 0 Å². The van der Waals surface area contributed by atoms with E-state index in [-0.39, 0.29) is 23.0 Å². The number of ether oxygens (including phenoxy) is 2. The number of esters is 1. The van der Waals surface area contributed by atoms with E-state index in [0.29, 0.717) is 12.2 Å². The molecule has 0 spiro atoms. The van der Waals surface area contributed by atoms with Gasteiger partial charge in [0.15, 0.2) is 5.69 Å². The second-order valence-corrected chi connectivity index (χ2v) is 6.97. The van der Waals surface area contributed by atoms with Crippen molar-refractivity contribution in [2.75, 3.05) is 13.7 Å².